The maximum atomic E-state index is 13.1. The SMILES string of the molecule is [O-][N+](=C1c2ccccc2-c2ccccc21)c1ccc(F)cc1. The van der Waals surface area contributed by atoms with Crippen molar-refractivity contribution in [1.29, 1.82) is 0 Å². The van der Waals surface area contributed by atoms with Gasteiger partial charge in [0, 0.05) is 12.1 Å². The molecule has 0 bridgehead atoms. The summed E-state index contributed by atoms with van der Waals surface area (Å²) in [6.45, 7) is 0. The standard InChI is InChI=1S/C19H12FNO/c20-13-9-11-14(12-10-13)21(22)19-17-7-3-1-5-15(17)16-6-2-4-8-18(16)19/h1-12H. The van der Waals surface area contributed by atoms with Crippen LogP contribution in [0.3, 0.4) is 0 Å². The van der Waals surface area contributed by atoms with Crippen LogP contribution in [0.15, 0.2) is 72.8 Å². The van der Waals surface area contributed by atoms with Crippen molar-refractivity contribution in [2.75, 3.05) is 0 Å². The fourth-order valence-corrected chi connectivity index (χ4v) is 2.92. The van der Waals surface area contributed by atoms with Crippen molar-refractivity contribution < 1.29 is 9.13 Å². The Morgan fingerprint density at radius 2 is 1.09 bits per heavy atom. The zero-order chi connectivity index (χ0) is 15.1. The number of rotatable bonds is 1. The third-order valence-corrected chi connectivity index (χ3v) is 3.92. The van der Waals surface area contributed by atoms with Gasteiger partial charge in [-0.1, -0.05) is 36.4 Å². The molecule has 0 atom stereocenters. The van der Waals surface area contributed by atoms with Crippen molar-refractivity contribution in [3.8, 4) is 11.1 Å². The van der Waals surface area contributed by atoms with Crippen molar-refractivity contribution in [2.45, 2.75) is 0 Å². The number of benzene rings is 3. The Hall–Kier alpha value is -2.94. The highest BCUT2D eigenvalue weighted by atomic mass is 19.1. The molecule has 0 fully saturated rings. The molecule has 1 aliphatic carbocycles. The van der Waals surface area contributed by atoms with E-state index in [4.69, 9.17) is 0 Å². The quantitative estimate of drug-likeness (QED) is 0.288. The summed E-state index contributed by atoms with van der Waals surface area (Å²) in [7, 11) is 0. The number of nitrogens with zero attached hydrogens (tertiary/aromatic N) is 1. The second-order valence-electron chi connectivity index (χ2n) is 5.21. The fraction of sp³-hybridized carbons (Fsp3) is 0. The van der Waals surface area contributed by atoms with E-state index < -0.39 is 0 Å². The van der Waals surface area contributed by atoms with Gasteiger partial charge in [-0.3, -0.25) is 0 Å². The highest BCUT2D eigenvalue weighted by molar-refractivity contribution is 6.22. The van der Waals surface area contributed by atoms with Crippen molar-refractivity contribution in [3.05, 3.63) is 94.9 Å². The first kappa shape index (κ1) is 12.8. The van der Waals surface area contributed by atoms with Crippen LogP contribution in [0.1, 0.15) is 11.1 Å². The molecule has 0 spiro atoms. The first-order valence-corrected chi connectivity index (χ1v) is 7.04. The molecule has 0 N–H and O–H groups in total. The summed E-state index contributed by atoms with van der Waals surface area (Å²) in [6, 6.07) is 21.3. The summed E-state index contributed by atoms with van der Waals surface area (Å²) < 4.78 is 14.0. The van der Waals surface area contributed by atoms with Gasteiger partial charge in [-0.05, 0) is 35.4 Å². The summed E-state index contributed by atoms with van der Waals surface area (Å²) in [6.07, 6.45) is 0. The molecule has 0 saturated heterocycles. The highest BCUT2D eigenvalue weighted by Crippen LogP contribution is 2.37. The van der Waals surface area contributed by atoms with Crippen LogP contribution in [0, 0.1) is 11.0 Å². The average molecular weight is 289 g/mol. The van der Waals surface area contributed by atoms with Gasteiger partial charge in [0.15, 0.2) is 0 Å². The largest absolute Gasteiger partial charge is 0.618 e. The van der Waals surface area contributed by atoms with E-state index in [0.29, 0.717) is 11.4 Å². The molecule has 1 aliphatic rings. The lowest BCUT2D eigenvalue weighted by molar-refractivity contribution is -0.359. The third kappa shape index (κ3) is 1.83. The monoisotopic (exact) mass is 289 g/mol. The van der Waals surface area contributed by atoms with Gasteiger partial charge in [-0.2, -0.15) is 4.74 Å². The predicted octanol–water partition coefficient (Wildman–Crippen LogP) is 4.49. The van der Waals surface area contributed by atoms with E-state index >= 15 is 0 Å². The smallest absolute Gasteiger partial charge is 0.232 e. The van der Waals surface area contributed by atoms with Crippen LogP contribution in [0.25, 0.3) is 11.1 Å². The Kier molecular flexibility index (Phi) is 2.79. The van der Waals surface area contributed by atoms with Gasteiger partial charge in [-0.15, -0.1) is 0 Å². The Labute approximate surface area is 127 Å². The van der Waals surface area contributed by atoms with E-state index in [9.17, 15) is 9.60 Å². The van der Waals surface area contributed by atoms with Gasteiger partial charge < -0.3 is 5.21 Å². The Bertz CT molecular complexity index is 850. The molecule has 4 rings (SSSR count). The molecule has 2 nitrogen and oxygen atoms in total. The molecule has 0 heterocycles. The maximum Gasteiger partial charge on any atom is 0.232 e. The van der Waals surface area contributed by atoms with Gasteiger partial charge in [0.25, 0.3) is 0 Å². The summed E-state index contributed by atoms with van der Waals surface area (Å²) in [5.74, 6) is -0.352. The maximum absolute atomic E-state index is 13.1. The number of hydrogen-bond donors (Lipinski definition) is 0. The second kappa shape index (κ2) is 4.81. The first-order chi connectivity index (χ1) is 10.8. The lowest BCUT2D eigenvalue weighted by atomic mass is 10.1. The highest BCUT2D eigenvalue weighted by Gasteiger charge is 2.30. The van der Waals surface area contributed by atoms with Crippen LogP contribution in [0.4, 0.5) is 10.1 Å². The number of halogens is 1. The van der Waals surface area contributed by atoms with Crippen LogP contribution in [-0.2, 0) is 0 Å². The van der Waals surface area contributed by atoms with Gasteiger partial charge in [0.1, 0.15) is 5.82 Å². The van der Waals surface area contributed by atoms with E-state index in [-0.39, 0.29) is 5.82 Å². The minimum Gasteiger partial charge on any atom is -0.618 e. The second-order valence-corrected chi connectivity index (χ2v) is 5.21. The fourth-order valence-electron chi connectivity index (χ4n) is 2.92. The summed E-state index contributed by atoms with van der Waals surface area (Å²) in [5.41, 5.74) is 4.94. The molecule has 0 amide bonds. The number of hydrogen-bond acceptors (Lipinski definition) is 1. The molecule has 22 heavy (non-hydrogen) atoms. The zero-order valence-electron chi connectivity index (χ0n) is 11.7. The average Bonchev–Trinajstić information content (AvgIpc) is 2.89. The van der Waals surface area contributed by atoms with Crippen molar-refractivity contribution >= 4 is 11.4 Å². The summed E-state index contributed by atoms with van der Waals surface area (Å²) in [5, 5.41) is 12.8. The van der Waals surface area contributed by atoms with Crippen molar-refractivity contribution in [3.63, 3.8) is 0 Å². The Morgan fingerprint density at radius 1 is 0.636 bits per heavy atom. The molecular weight excluding hydrogens is 277 g/mol. The molecular formula is C19H12FNO. The molecule has 3 aromatic rings. The van der Waals surface area contributed by atoms with Crippen molar-refractivity contribution in [2.24, 2.45) is 0 Å². The molecule has 0 aliphatic heterocycles. The van der Waals surface area contributed by atoms with E-state index in [2.05, 4.69) is 0 Å². The van der Waals surface area contributed by atoms with Gasteiger partial charge in [0.2, 0.25) is 11.4 Å². The molecule has 3 heteroatoms. The van der Waals surface area contributed by atoms with Gasteiger partial charge >= 0.3 is 0 Å². The lowest BCUT2D eigenvalue weighted by Crippen LogP contribution is -2.12. The lowest BCUT2D eigenvalue weighted by Gasteiger charge is -2.08. The van der Waals surface area contributed by atoms with Crippen LogP contribution < -0.4 is 0 Å². The molecule has 0 aromatic heterocycles. The van der Waals surface area contributed by atoms with E-state index in [1.54, 1.807) is 0 Å². The van der Waals surface area contributed by atoms with E-state index in [1.807, 2.05) is 48.5 Å². The van der Waals surface area contributed by atoms with Crippen LogP contribution >= 0.6 is 0 Å². The molecule has 106 valence electrons. The Balaban J connectivity index is 2.02. The van der Waals surface area contributed by atoms with Crippen molar-refractivity contribution in [1.82, 2.24) is 0 Å². The summed E-state index contributed by atoms with van der Waals surface area (Å²) >= 11 is 0. The summed E-state index contributed by atoms with van der Waals surface area (Å²) in [4.78, 5) is 0. The van der Waals surface area contributed by atoms with Gasteiger partial charge in [-0.25, -0.2) is 4.39 Å². The van der Waals surface area contributed by atoms with E-state index in [0.717, 1.165) is 27.0 Å². The minimum atomic E-state index is -0.352. The van der Waals surface area contributed by atoms with Gasteiger partial charge in [0.05, 0.1) is 11.1 Å². The predicted molar refractivity (Wildman–Crippen MR) is 84.8 cm³/mol. The molecule has 0 unspecified atom stereocenters. The molecule has 3 aromatic carbocycles. The first-order valence-electron chi connectivity index (χ1n) is 7.04. The van der Waals surface area contributed by atoms with Crippen LogP contribution in [-0.4, -0.2) is 10.5 Å². The molecule has 0 radical (unpaired) electrons. The van der Waals surface area contributed by atoms with Crippen LogP contribution in [0.2, 0.25) is 0 Å². The molecule has 0 saturated carbocycles. The van der Waals surface area contributed by atoms with Crippen LogP contribution in [0.5, 0.6) is 0 Å². The third-order valence-electron chi connectivity index (χ3n) is 3.92. The zero-order valence-corrected chi connectivity index (χ0v) is 11.7. The number of fused-ring (bicyclic) bond motifs is 3. The Morgan fingerprint density at radius 3 is 1.59 bits per heavy atom. The minimum absolute atomic E-state index is 0.352. The van der Waals surface area contributed by atoms with E-state index in [1.165, 1.54) is 24.3 Å². The topological polar surface area (TPSA) is 26.1 Å². The normalized spacial score (nSPS) is 12.0.